The number of anilines is 2. The first-order valence-corrected chi connectivity index (χ1v) is 10.4. The number of hydrogen-bond donors (Lipinski definition) is 3. The van der Waals surface area contributed by atoms with Gasteiger partial charge in [-0.05, 0) is 25.0 Å². The predicted molar refractivity (Wildman–Crippen MR) is 102 cm³/mol. The highest BCUT2D eigenvalue weighted by molar-refractivity contribution is 7.80. The van der Waals surface area contributed by atoms with Crippen LogP contribution in [-0.4, -0.2) is 43.9 Å². The normalized spacial score (nSPS) is 23.5. The molecule has 2 aliphatic rings. The number of fused-ring (bicyclic) bond motifs is 3. The number of hydrogen-bond acceptors (Lipinski definition) is 7. The number of nitrogens with one attached hydrogen (secondary N) is 2. The zero-order valence-electron chi connectivity index (χ0n) is 13.7. The second-order valence-electron chi connectivity index (χ2n) is 6.60. The highest BCUT2D eigenvalue weighted by Crippen LogP contribution is 2.36. The second-order valence-corrected chi connectivity index (χ2v) is 8.20. The Bertz CT molecular complexity index is 962. The Morgan fingerprint density at radius 3 is 2.85 bits per heavy atom. The maximum Gasteiger partial charge on any atom is 0.298 e. The van der Waals surface area contributed by atoms with Crippen LogP contribution in [0.2, 0.25) is 0 Å². The predicted octanol–water partition coefficient (Wildman–Crippen LogP) is 2.44. The summed E-state index contributed by atoms with van der Waals surface area (Å²) in [5.41, 5.74) is 2.56. The van der Waals surface area contributed by atoms with E-state index in [-0.39, 0.29) is 0 Å². The fourth-order valence-corrected chi connectivity index (χ4v) is 4.75. The summed E-state index contributed by atoms with van der Waals surface area (Å²) in [6.45, 7) is 1.75. The number of oxazole rings is 1. The molecule has 0 saturated carbocycles. The first-order chi connectivity index (χ1) is 12.7. The molecular weight excluding hydrogens is 374 g/mol. The number of piperazine rings is 1. The standard InChI is InChI=1S/C16H17N5O3S2/c22-26(23)20-11-5-12(15-17-3-4-25-15)14-13(6-11)19-16(24-14)21-7-9-1-2-10(8-21)18-9/h3-6,9-10,18,20H,1-2,7-8H2,(H,22,23). The molecule has 10 heteroatoms. The van der Waals surface area contributed by atoms with Gasteiger partial charge in [0.2, 0.25) is 0 Å². The third kappa shape index (κ3) is 2.88. The Hall–Kier alpha value is -2.01. The van der Waals surface area contributed by atoms with Gasteiger partial charge in [0.05, 0.1) is 11.3 Å². The van der Waals surface area contributed by atoms with E-state index in [0.29, 0.717) is 34.9 Å². The number of rotatable bonds is 4. The van der Waals surface area contributed by atoms with Gasteiger partial charge in [-0.1, -0.05) is 0 Å². The summed E-state index contributed by atoms with van der Waals surface area (Å²) in [6, 6.07) is 5.06. The molecule has 0 aliphatic carbocycles. The van der Waals surface area contributed by atoms with Crippen LogP contribution in [0.25, 0.3) is 21.7 Å². The SMILES string of the molecule is O=S(O)Nc1cc(-c2nccs2)c2oc(N3CC4CCC(C3)N4)nc2c1. The van der Waals surface area contributed by atoms with Crippen molar-refractivity contribution in [1.29, 1.82) is 0 Å². The van der Waals surface area contributed by atoms with Gasteiger partial charge in [0.15, 0.2) is 5.58 Å². The Kier molecular flexibility index (Phi) is 3.92. The molecule has 26 heavy (non-hydrogen) atoms. The van der Waals surface area contributed by atoms with Crippen LogP contribution in [0, 0.1) is 0 Å². The van der Waals surface area contributed by atoms with Crippen LogP contribution in [0.3, 0.4) is 0 Å². The smallest absolute Gasteiger partial charge is 0.298 e. The van der Waals surface area contributed by atoms with E-state index in [4.69, 9.17) is 8.97 Å². The summed E-state index contributed by atoms with van der Waals surface area (Å²) in [7, 11) is 0. The van der Waals surface area contributed by atoms with Crippen molar-refractivity contribution in [2.24, 2.45) is 0 Å². The molecule has 3 aromatic rings. The van der Waals surface area contributed by atoms with E-state index < -0.39 is 11.3 Å². The van der Waals surface area contributed by atoms with Gasteiger partial charge in [0.1, 0.15) is 10.5 Å². The molecule has 5 rings (SSSR count). The molecule has 3 N–H and O–H groups in total. The van der Waals surface area contributed by atoms with Crippen molar-refractivity contribution in [3.8, 4) is 10.6 Å². The Labute approximate surface area is 156 Å². The van der Waals surface area contributed by atoms with Gasteiger partial charge in [-0.2, -0.15) is 4.98 Å². The van der Waals surface area contributed by atoms with Crippen LogP contribution in [-0.2, 0) is 11.3 Å². The molecule has 0 amide bonds. The maximum atomic E-state index is 11.2. The molecule has 2 fully saturated rings. The van der Waals surface area contributed by atoms with Crippen molar-refractivity contribution in [2.75, 3.05) is 22.7 Å². The van der Waals surface area contributed by atoms with E-state index in [1.165, 1.54) is 24.2 Å². The summed E-state index contributed by atoms with van der Waals surface area (Å²) in [6.07, 6.45) is 4.09. The van der Waals surface area contributed by atoms with Crippen LogP contribution in [0.15, 0.2) is 28.1 Å². The van der Waals surface area contributed by atoms with Gasteiger partial charge >= 0.3 is 0 Å². The molecule has 136 valence electrons. The molecule has 2 saturated heterocycles. The zero-order chi connectivity index (χ0) is 17.7. The van der Waals surface area contributed by atoms with E-state index in [2.05, 4.69) is 24.9 Å². The molecule has 1 aromatic carbocycles. The summed E-state index contributed by atoms with van der Waals surface area (Å²) in [5, 5.41) is 6.27. The fourth-order valence-electron chi connectivity index (χ4n) is 3.78. The molecule has 3 unspecified atom stereocenters. The van der Waals surface area contributed by atoms with Gasteiger partial charge in [0.25, 0.3) is 17.3 Å². The first kappa shape index (κ1) is 16.2. The third-order valence-electron chi connectivity index (χ3n) is 4.83. The first-order valence-electron chi connectivity index (χ1n) is 8.38. The topological polar surface area (TPSA) is 104 Å². The van der Waals surface area contributed by atoms with Crippen molar-refractivity contribution in [3.63, 3.8) is 0 Å². The highest BCUT2D eigenvalue weighted by atomic mass is 32.2. The second kappa shape index (κ2) is 6.31. The molecule has 2 aromatic heterocycles. The van der Waals surface area contributed by atoms with Gasteiger partial charge in [-0.3, -0.25) is 9.27 Å². The van der Waals surface area contributed by atoms with E-state index >= 15 is 0 Å². The van der Waals surface area contributed by atoms with Crippen molar-refractivity contribution in [1.82, 2.24) is 15.3 Å². The quantitative estimate of drug-likeness (QED) is 0.587. The highest BCUT2D eigenvalue weighted by Gasteiger charge is 2.34. The average molecular weight is 391 g/mol. The minimum Gasteiger partial charge on any atom is -0.423 e. The lowest BCUT2D eigenvalue weighted by Gasteiger charge is -2.31. The fraction of sp³-hybridized carbons (Fsp3) is 0.375. The Balaban J connectivity index is 1.60. The van der Waals surface area contributed by atoms with E-state index in [1.807, 2.05) is 5.38 Å². The van der Waals surface area contributed by atoms with E-state index in [9.17, 15) is 4.21 Å². The lowest BCUT2D eigenvalue weighted by atomic mass is 10.2. The van der Waals surface area contributed by atoms with Crippen LogP contribution >= 0.6 is 11.3 Å². The maximum absolute atomic E-state index is 11.2. The van der Waals surface area contributed by atoms with Gasteiger partial charge < -0.3 is 14.6 Å². The van der Waals surface area contributed by atoms with E-state index in [0.717, 1.165) is 23.7 Å². The summed E-state index contributed by atoms with van der Waals surface area (Å²) >= 11 is -0.672. The number of thiazole rings is 1. The summed E-state index contributed by atoms with van der Waals surface area (Å²) in [4.78, 5) is 11.2. The van der Waals surface area contributed by atoms with Crippen LogP contribution in [0.4, 0.5) is 11.7 Å². The van der Waals surface area contributed by atoms with Crippen LogP contribution in [0.1, 0.15) is 12.8 Å². The monoisotopic (exact) mass is 391 g/mol. The lowest BCUT2D eigenvalue weighted by Crippen LogP contribution is -2.51. The average Bonchev–Trinajstić information content (AvgIpc) is 3.33. The zero-order valence-corrected chi connectivity index (χ0v) is 15.3. The van der Waals surface area contributed by atoms with E-state index in [1.54, 1.807) is 18.3 Å². The molecule has 2 bridgehead atoms. The molecule has 4 heterocycles. The van der Waals surface area contributed by atoms with Gasteiger partial charge in [0, 0.05) is 36.8 Å². The van der Waals surface area contributed by atoms with Crippen molar-refractivity contribution < 1.29 is 13.2 Å². The lowest BCUT2D eigenvalue weighted by molar-refractivity contribution is 0.437. The molecule has 2 aliphatic heterocycles. The van der Waals surface area contributed by atoms with Crippen LogP contribution < -0.4 is 14.9 Å². The van der Waals surface area contributed by atoms with Crippen molar-refractivity contribution in [3.05, 3.63) is 23.7 Å². The minimum atomic E-state index is -2.16. The summed E-state index contributed by atoms with van der Waals surface area (Å²) in [5.74, 6) is 0. The Morgan fingerprint density at radius 2 is 2.15 bits per heavy atom. The number of benzene rings is 1. The summed E-state index contributed by atoms with van der Waals surface area (Å²) < 4.78 is 29.0. The molecule has 0 spiro atoms. The van der Waals surface area contributed by atoms with Gasteiger partial charge in [-0.25, -0.2) is 9.19 Å². The molecule has 8 nitrogen and oxygen atoms in total. The molecule has 0 radical (unpaired) electrons. The number of aromatic nitrogens is 2. The largest absolute Gasteiger partial charge is 0.423 e. The Morgan fingerprint density at radius 1 is 1.35 bits per heavy atom. The van der Waals surface area contributed by atoms with Gasteiger partial charge in [-0.15, -0.1) is 11.3 Å². The van der Waals surface area contributed by atoms with Crippen molar-refractivity contribution in [2.45, 2.75) is 24.9 Å². The van der Waals surface area contributed by atoms with Crippen LogP contribution in [0.5, 0.6) is 0 Å². The third-order valence-corrected chi connectivity index (χ3v) is 6.05. The minimum absolute atomic E-state index is 0.483. The molecular formula is C16H17N5O3S2. The number of nitrogens with zero attached hydrogens (tertiary/aromatic N) is 3. The van der Waals surface area contributed by atoms with Crippen molar-refractivity contribution >= 4 is 45.4 Å². The molecule has 3 atom stereocenters.